The van der Waals surface area contributed by atoms with Gasteiger partial charge in [0.1, 0.15) is 22.6 Å². The van der Waals surface area contributed by atoms with Gasteiger partial charge in [-0.2, -0.15) is 0 Å². The number of ketones is 1. The first-order valence-corrected chi connectivity index (χ1v) is 8.08. The lowest BCUT2D eigenvalue weighted by Crippen LogP contribution is -2.45. The van der Waals surface area contributed by atoms with Gasteiger partial charge in [-0.05, 0) is 5.56 Å². The Morgan fingerprint density at radius 1 is 0.917 bits per heavy atom. The van der Waals surface area contributed by atoms with Crippen LogP contribution >= 0.6 is 11.6 Å². The monoisotopic (exact) mass is 346 g/mol. The summed E-state index contributed by atoms with van der Waals surface area (Å²) < 4.78 is 16.3. The highest BCUT2D eigenvalue weighted by Gasteiger charge is 2.52. The Morgan fingerprint density at radius 3 is 2.00 bits per heavy atom. The number of methoxy groups -OCH3 is 3. The number of rotatable bonds is 5. The molecule has 0 N–H and O–H groups in total. The van der Waals surface area contributed by atoms with Gasteiger partial charge in [-0.15, -0.1) is 11.6 Å². The van der Waals surface area contributed by atoms with E-state index in [1.807, 2.05) is 30.3 Å². The minimum absolute atomic E-state index is 0.0210. The summed E-state index contributed by atoms with van der Waals surface area (Å²) in [7, 11) is 4.71. The van der Waals surface area contributed by atoms with Crippen LogP contribution in [0.15, 0.2) is 42.5 Å². The third kappa shape index (κ3) is 2.61. The quantitative estimate of drug-likeness (QED) is 0.773. The van der Waals surface area contributed by atoms with Crippen LogP contribution in [0.3, 0.4) is 0 Å². The zero-order valence-corrected chi connectivity index (χ0v) is 14.5. The molecule has 3 atom stereocenters. The van der Waals surface area contributed by atoms with Gasteiger partial charge in [-0.1, -0.05) is 30.3 Å². The largest absolute Gasteiger partial charge is 0.496 e. The number of ether oxygens (including phenoxy) is 3. The Kier molecular flexibility index (Phi) is 4.67. The maximum Gasteiger partial charge on any atom is 0.159 e. The number of benzene rings is 2. The van der Waals surface area contributed by atoms with Gasteiger partial charge >= 0.3 is 0 Å². The highest BCUT2D eigenvalue weighted by molar-refractivity contribution is 6.36. The molecule has 3 rings (SSSR count). The Bertz CT molecular complexity index is 719. The first-order chi connectivity index (χ1) is 11.6. The van der Waals surface area contributed by atoms with E-state index in [4.69, 9.17) is 25.8 Å². The van der Waals surface area contributed by atoms with Crippen molar-refractivity contribution in [1.82, 2.24) is 0 Å². The van der Waals surface area contributed by atoms with Gasteiger partial charge in [-0.3, -0.25) is 4.79 Å². The van der Waals surface area contributed by atoms with E-state index in [-0.39, 0.29) is 11.7 Å². The summed E-state index contributed by atoms with van der Waals surface area (Å²) in [6.07, 6.45) is 0. The molecule has 0 bridgehead atoms. The summed E-state index contributed by atoms with van der Waals surface area (Å²) in [6, 6.07) is 13.3. The van der Waals surface area contributed by atoms with Crippen LogP contribution in [0.25, 0.3) is 0 Å². The molecule has 126 valence electrons. The second kappa shape index (κ2) is 6.73. The fraction of sp³-hybridized carbons (Fsp3) is 0.316. The molecule has 5 heteroatoms. The van der Waals surface area contributed by atoms with Crippen LogP contribution in [0.4, 0.5) is 0 Å². The van der Waals surface area contributed by atoms with E-state index < -0.39 is 11.3 Å². The maximum atomic E-state index is 12.6. The molecule has 1 aliphatic rings. The summed E-state index contributed by atoms with van der Waals surface area (Å²) in [5, 5.41) is -0.547. The summed E-state index contributed by atoms with van der Waals surface area (Å²) >= 11 is 6.34. The molecule has 0 radical (unpaired) electrons. The average molecular weight is 347 g/mol. The molecule has 0 aliphatic heterocycles. The van der Waals surface area contributed by atoms with Crippen molar-refractivity contribution < 1.29 is 19.0 Å². The summed E-state index contributed by atoms with van der Waals surface area (Å²) in [5.74, 6) is 1.20. The first kappa shape index (κ1) is 16.7. The zero-order valence-electron chi connectivity index (χ0n) is 13.8. The van der Waals surface area contributed by atoms with Gasteiger partial charge in [0.2, 0.25) is 0 Å². The Hall–Kier alpha value is -2.20. The standard InChI is InChI=1S/C19H19ClO4/c1-22-12-9-13(23-2)16(14(10-12)24-3)17-15(18(20)19(17)21)11-7-5-4-6-8-11/h4-10,15,17-18H,1-3H3/t15-,17-,18-/m0/s1. The van der Waals surface area contributed by atoms with Gasteiger partial charge < -0.3 is 14.2 Å². The first-order valence-electron chi connectivity index (χ1n) is 7.65. The molecule has 2 aromatic carbocycles. The van der Waals surface area contributed by atoms with E-state index in [1.54, 1.807) is 33.5 Å². The van der Waals surface area contributed by atoms with Crippen molar-refractivity contribution in [2.24, 2.45) is 0 Å². The number of carbonyl (C=O) groups excluding carboxylic acids is 1. The van der Waals surface area contributed by atoms with Crippen molar-refractivity contribution in [2.45, 2.75) is 17.2 Å². The fourth-order valence-electron chi connectivity index (χ4n) is 3.27. The number of Topliss-reactive ketones (excluding diaryl/α,β-unsaturated/α-hetero) is 1. The molecular formula is C19H19ClO4. The van der Waals surface area contributed by atoms with Crippen molar-refractivity contribution in [3.63, 3.8) is 0 Å². The third-order valence-electron chi connectivity index (χ3n) is 4.50. The normalized spacial score (nSPS) is 22.7. The van der Waals surface area contributed by atoms with Crippen LogP contribution < -0.4 is 14.2 Å². The average Bonchev–Trinajstić information content (AvgIpc) is 2.64. The molecule has 0 aromatic heterocycles. The van der Waals surface area contributed by atoms with Crippen molar-refractivity contribution >= 4 is 17.4 Å². The summed E-state index contributed by atoms with van der Waals surface area (Å²) in [5.41, 5.74) is 1.75. The molecule has 4 nitrogen and oxygen atoms in total. The van der Waals surface area contributed by atoms with Crippen LogP contribution in [-0.4, -0.2) is 32.5 Å². The van der Waals surface area contributed by atoms with Crippen molar-refractivity contribution in [2.75, 3.05) is 21.3 Å². The lowest BCUT2D eigenvalue weighted by Gasteiger charge is -2.41. The van der Waals surface area contributed by atoms with Gasteiger partial charge in [-0.25, -0.2) is 0 Å². The summed E-state index contributed by atoms with van der Waals surface area (Å²) in [4.78, 5) is 12.6. The van der Waals surface area contributed by atoms with E-state index in [2.05, 4.69) is 0 Å². The number of halogens is 1. The molecule has 0 heterocycles. The number of carbonyl (C=O) groups is 1. The van der Waals surface area contributed by atoms with Gasteiger partial charge in [0.25, 0.3) is 0 Å². The highest BCUT2D eigenvalue weighted by atomic mass is 35.5. The van der Waals surface area contributed by atoms with E-state index in [9.17, 15) is 4.79 Å². The van der Waals surface area contributed by atoms with E-state index in [0.717, 1.165) is 11.1 Å². The highest BCUT2D eigenvalue weighted by Crippen LogP contribution is 2.54. The number of hydrogen-bond donors (Lipinski definition) is 0. The Labute approximate surface area is 146 Å². The van der Waals surface area contributed by atoms with E-state index in [1.165, 1.54) is 0 Å². The SMILES string of the molecule is COc1cc(OC)c([C@H]2C(=O)[C@@H](Cl)[C@H]2c2ccccc2)c(OC)c1. The van der Waals surface area contributed by atoms with E-state index in [0.29, 0.717) is 17.2 Å². The molecule has 0 spiro atoms. The molecule has 2 aromatic rings. The molecule has 0 saturated heterocycles. The Balaban J connectivity index is 2.11. The maximum absolute atomic E-state index is 12.6. The van der Waals surface area contributed by atoms with E-state index >= 15 is 0 Å². The summed E-state index contributed by atoms with van der Waals surface area (Å²) in [6.45, 7) is 0. The molecule has 1 fully saturated rings. The minimum atomic E-state index is -0.547. The van der Waals surface area contributed by atoms with Crippen molar-refractivity contribution in [3.8, 4) is 17.2 Å². The second-order valence-electron chi connectivity index (χ2n) is 5.66. The van der Waals surface area contributed by atoms with Crippen LogP contribution in [0.1, 0.15) is 23.0 Å². The van der Waals surface area contributed by atoms with Gasteiger partial charge in [0.15, 0.2) is 5.78 Å². The molecule has 1 aliphatic carbocycles. The van der Waals surface area contributed by atoms with Crippen LogP contribution in [0.2, 0.25) is 0 Å². The topological polar surface area (TPSA) is 44.8 Å². The predicted molar refractivity (Wildman–Crippen MR) is 92.7 cm³/mol. The lowest BCUT2D eigenvalue weighted by atomic mass is 9.65. The van der Waals surface area contributed by atoms with Crippen LogP contribution in [0.5, 0.6) is 17.2 Å². The second-order valence-corrected chi connectivity index (χ2v) is 6.13. The predicted octanol–water partition coefficient (Wildman–Crippen LogP) is 3.77. The van der Waals surface area contributed by atoms with Crippen LogP contribution in [0, 0.1) is 0 Å². The van der Waals surface area contributed by atoms with Gasteiger partial charge in [0.05, 0.1) is 27.2 Å². The lowest BCUT2D eigenvalue weighted by molar-refractivity contribution is -0.126. The minimum Gasteiger partial charge on any atom is -0.496 e. The third-order valence-corrected chi connectivity index (χ3v) is 4.99. The zero-order chi connectivity index (χ0) is 17.3. The molecule has 0 amide bonds. The Morgan fingerprint density at radius 2 is 1.50 bits per heavy atom. The molecule has 24 heavy (non-hydrogen) atoms. The number of alkyl halides is 1. The number of hydrogen-bond acceptors (Lipinski definition) is 4. The van der Waals surface area contributed by atoms with Crippen molar-refractivity contribution in [1.29, 1.82) is 0 Å². The van der Waals surface area contributed by atoms with Crippen molar-refractivity contribution in [3.05, 3.63) is 53.6 Å². The molecule has 1 saturated carbocycles. The molecular weight excluding hydrogens is 328 g/mol. The molecule has 0 unspecified atom stereocenters. The van der Waals surface area contributed by atoms with Gasteiger partial charge in [0, 0.05) is 23.6 Å². The fourth-order valence-corrected chi connectivity index (χ4v) is 3.70. The van der Waals surface area contributed by atoms with Crippen LogP contribution in [-0.2, 0) is 4.79 Å². The smallest absolute Gasteiger partial charge is 0.159 e.